The van der Waals surface area contributed by atoms with E-state index < -0.39 is 0 Å². The van der Waals surface area contributed by atoms with Crippen LogP contribution in [0.3, 0.4) is 0 Å². The van der Waals surface area contributed by atoms with Crippen LogP contribution in [-0.2, 0) is 6.42 Å². The van der Waals surface area contributed by atoms with E-state index in [4.69, 9.17) is 14.2 Å². The lowest BCUT2D eigenvalue weighted by Crippen LogP contribution is -2.52. The number of nitrogens with zero attached hydrogens (tertiary/aromatic N) is 3. The molecule has 8 heteroatoms. The van der Waals surface area contributed by atoms with Gasteiger partial charge in [-0.25, -0.2) is 0 Å². The summed E-state index contributed by atoms with van der Waals surface area (Å²) in [6.07, 6.45) is 0.878. The van der Waals surface area contributed by atoms with Crippen molar-refractivity contribution in [3.05, 3.63) is 48.0 Å². The van der Waals surface area contributed by atoms with Crippen LogP contribution in [0.2, 0.25) is 0 Å². The first-order valence-electron chi connectivity index (χ1n) is 10.2. The number of aliphatic imine (C=N–C) groups is 1. The minimum absolute atomic E-state index is 0. The van der Waals surface area contributed by atoms with Gasteiger partial charge in [-0.15, -0.1) is 24.0 Å². The molecular weight excluding hydrogens is 507 g/mol. The van der Waals surface area contributed by atoms with E-state index in [2.05, 4.69) is 38.3 Å². The van der Waals surface area contributed by atoms with Crippen molar-refractivity contribution in [2.75, 3.05) is 66.0 Å². The molecule has 0 spiro atoms. The summed E-state index contributed by atoms with van der Waals surface area (Å²) in [6.45, 7) is 4.55. The van der Waals surface area contributed by atoms with Crippen molar-refractivity contribution in [2.24, 2.45) is 4.99 Å². The lowest BCUT2D eigenvalue weighted by Gasteiger charge is -2.37. The van der Waals surface area contributed by atoms with Gasteiger partial charge in [-0.1, -0.05) is 12.1 Å². The van der Waals surface area contributed by atoms with Crippen molar-refractivity contribution in [1.82, 2.24) is 10.2 Å². The SMILES string of the molecule is CN=C(NCCc1ccc(OC)c(OC)c1)N1CCN(c2cccc(OC)c2)CC1.I. The predicted molar refractivity (Wildman–Crippen MR) is 137 cm³/mol. The molecule has 2 aromatic carbocycles. The molecule has 7 nitrogen and oxygen atoms in total. The van der Waals surface area contributed by atoms with E-state index in [1.54, 1.807) is 21.3 Å². The average Bonchev–Trinajstić information content (AvgIpc) is 2.82. The Bertz CT molecular complexity index is 854. The summed E-state index contributed by atoms with van der Waals surface area (Å²) in [5, 5.41) is 3.49. The van der Waals surface area contributed by atoms with E-state index in [0.29, 0.717) is 0 Å². The molecule has 0 amide bonds. The lowest BCUT2D eigenvalue weighted by atomic mass is 10.1. The first kappa shape index (κ1) is 24.9. The van der Waals surface area contributed by atoms with Crippen LogP contribution in [0.25, 0.3) is 0 Å². The molecule has 1 fully saturated rings. The molecular formula is C23H33IN4O3. The van der Waals surface area contributed by atoms with Crippen molar-refractivity contribution in [3.8, 4) is 17.2 Å². The van der Waals surface area contributed by atoms with Crippen molar-refractivity contribution in [3.63, 3.8) is 0 Å². The quantitative estimate of drug-likeness (QED) is 0.331. The van der Waals surface area contributed by atoms with Gasteiger partial charge in [0.1, 0.15) is 5.75 Å². The van der Waals surface area contributed by atoms with Gasteiger partial charge in [0.25, 0.3) is 0 Å². The molecule has 0 aromatic heterocycles. The third-order valence-electron chi connectivity index (χ3n) is 5.35. The van der Waals surface area contributed by atoms with Crippen LogP contribution in [-0.4, -0.2) is 72.0 Å². The molecule has 0 saturated carbocycles. The Kier molecular flexibility index (Phi) is 10.0. The predicted octanol–water partition coefficient (Wildman–Crippen LogP) is 3.27. The number of rotatable bonds is 7. The van der Waals surface area contributed by atoms with E-state index in [0.717, 1.165) is 62.4 Å². The Morgan fingerprint density at radius 2 is 1.68 bits per heavy atom. The lowest BCUT2D eigenvalue weighted by molar-refractivity contribution is 0.354. The second kappa shape index (κ2) is 12.5. The maximum Gasteiger partial charge on any atom is 0.193 e. The average molecular weight is 540 g/mol. The number of hydrogen-bond donors (Lipinski definition) is 1. The zero-order chi connectivity index (χ0) is 21.3. The molecule has 1 N–H and O–H groups in total. The van der Waals surface area contributed by atoms with Gasteiger partial charge in [-0.3, -0.25) is 4.99 Å². The van der Waals surface area contributed by atoms with Gasteiger partial charge in [0.2, 0.25) is 0 Å². The van der Waals surface area contributed by atoms with Crippen molar-refractivity contribution >= 4 is 35.6 Å². The number of guanidine groups is 1. The summed E-state index contributed by atoms with van der Waals surface area (Å²) in [7, 11) is 6.85. The van der Waals surface area contributed by atoms with Gasteiger partial charge >= 0.3 is 0 Å². The van der Waals surface area contributed by atoms with Crippen molar-refractivity contribution in [1.29, 1.82) is 0 Å². The molecule has 1 aliphatic heterocycles. The molecule has 3 rings (SSSR count). The van der Waals surface area contributed by atoms with Crippen molar-refractivity contribution < 1.29 is 14.2 Å². The summed E-state index contributed by atoms with van der Waals surface area (Å²) in [4.78, 5) is 9.17. The van der Waals surface area contributed by atoms with Crippen LogP contribution in [0.4, 0.5) is 5.69 Å². The summed E-state index contributed by atoms with van der Waals surface area (Å²) < 4.78 is 16.0. The molecule has 31 heavy (non-hydrogen) atoms. The van der Waals surface area contributed by atoms with Crippen LogP contribution in [0.5, 0.6) is 17.2 Å². The fraction of sp³-hybridized carbons (Fsp3) is 0.435. The number of piperazine rings is 1. The molecule has 1 aliphatic rings. The molecule has 1 heterocycles. The Hall–Kier alpha value is -2.36. The first-order valence-corrected chi connectivity index (χ1v) is 10.2. The largest absolute Gasteiger partial charge is 0.497 e. The van der Waals surface area contributed by atoms with E-state index in [-0.39, 0.29) is 24.0 Å². The zero-order valence-electron chi connectivity index (χ0n) is 18.8. The minimum atomic E-state index is 0. The molecule has 2 aromatic rings. The molecule has 0 radical (unpaired) electrons. The monoisotopic (exact) mass is 540 g/mol. The van der Waals surface area contributed by atoms with Crippen LogP contribution in [0, 0.1) is 0 Å². The topological polar surface area (TPSA) is 58.6 Å². The fourth-order valence-electron chi connectivity index (χ4n) is 3.67. The van der Waals surface area contributed by atoms with Gasteiger partial charge in [0.15, 0.2) is 17.5 Å². The molecule has 0 aliphatic carbocycles. The van der Waals surface area contributed by atoms with Crippen LogP contribution < -0.4 is 24.4 Å². The Morgan fingerprint density at radius 3 is 2.32 bits per heavy atom. The maximum absolute atomic E-state index is 5.39. The Labute approximate surface area is 202 Å². The minimum Gasteiger partial charge on any atom is -0.497 e. The number of hydrogen-bond acceptors (Lipinski definition) is 5. The number of ether oxygens (including phenoxy) is 3. The maximum atomic E-state index is 5.39. The van der Waals surface area contributed by atoms with Gasteiger partial charge in [-0.05, 0) is 36.2 Å². The van der Waals surface area contributed by atoms with Gasteiger partial charge < -0.3 is 29.3 Å². The fourth-order valence-corrected chi connectivity index (χ4v) is 3.67. The zero-order valence-corrected chi connectivity index (χ0v) is 21.1. The number of nitrogens with one attached hydrogen (secondary N) is 1. The van der Waals surface area contributed by atoms with Gasteiger partial charge in [0, 0.05) is 51.5 Å². The summed E-state index contributed by atoms with van der Waals surface area (Å²) in [5.41, 5.74) is 2.39. The standard InChI is InChI=1S/C23H32N4O3.HI/c1-24-23(25-11-10-18-8-9-21(29-3)22(16-18)30-4)27-14-12-26(13-15-27)19-6-5-7-20(17-19)28-2;/h5-9,16-17H,10-15H2,1-4H3,(H,24,25);1H. The highest BCUT2D eigenvalue weighted by Crippen LogP contribution is 2.27. The Morgan fingerprint density at radius 1 is 0.935 bits per heavy atom. The van der Waals surface area contributed by atoms with Gasteiger partial charge in [-0.2, -0.15) is 0 Å². The number of methoxy groups -OCH3 is 3. The normalized spacial score (nSPS) is 14.0. The van der Waals surface area contributed by atoms with E-state index >= 15 is 0 Å². The highest BCUT2D eigenvalue weighted by Gasteiger charge is 2.20. The smallest absolute Gasteiger partial charge is 0.193 e. The number of anilines is 1. The van der Waals surface area contributed by atoms with E-state index in [1.165, 1.54) is 11.3 Å². The number of halogens is 1. The third-order valence-corrected chi connectivity index (χ3v) is 5.35. The third kappa shape index (κ3) is 6.56. The highest BCUT2D eigenvalue weighted by molar-refractivity contribution is 14.0. The summed E-state index contributed by atoms with van der Waals surface area (Å²) in [6, 6.07) is 14.3. The summed E-state index contributed by atoms with van der Waals surface area (Å²) in [5.74, 6) is 3.34. The molecule has 170 valence electrons. The Balaban J connectivity index is 0.00000341. The first-order chi connectivity index (χ1) is 14.7. The van der Waals surface area contributed by atoms with Crippen LogP contribution in [0.1, 0.15) is 5.56 Å². The van der Waals surface area contributed by atoms with Crippen LogP contribution in [0.15, 0.2) is 47.5 Å². The second-order valence-electron chi connectivity index (χ2n) is 7.09. The second-order valence-corrected chi connectivity index (χ2v) is 7.09. The molecule has 1 saturated heterocycles. The molecule has 0 bridgehead atoms. The van der Waals surface area contributed by atoms with Crippen molar-refractivity contribution in [2.45, 2.75) is 6.42 Å². The molecule has 0 unspecified atom stereocenters. The number of benzene rings is 2. The highest BCUT2D eigenvalue weighted by atomic mass is 127. The van der Waals surface area contributed by atoms with Gasteiger partial charge in [0.05, 0.1) is 21.3 Å². The van der Waals surface area contributed by atoms with Crippen LogP contribution >= 0.6 is 24.0 Å². The van der Waals surface area contributed by atoms with E-state index in [1.807, 2.05) is 31.3 Å². The van der Waals surface area contributed by atoms with E-state index in [9.17, 15) is 0 Å². The summed E-state index contributed by atoms with van der Waals surface area (Å²) >= 11 is 0. The molecule has 0 atom stereocenters.